The highest BCUT2D eigenvalue weighted by atomic mass is 28.3. The number of aromatic nitrogens is 1. The van der Waals surface area contributed by atoms with Crippen molar-refractivity contribution in [2.45, 2.75) is 70.7 Å². The summed E-state index contributed by atoms with van der Waals surface area (Å²) in [6.07, 6.45) is 5.28. The second-order valence-electron chi connectivity index (χ2n) is 7.62. The van der Waals surface area contributed by atoms with E-state index in [0.717, 1.165) is 0 Å². The molecule has 0 saturated heterocycles. The summed E-state index contributed by atoms with van der Waals surface area (Å²) in [5.74, 6) is 3.19. The van der Waals surface area contributed by atoms with E-state index < -0.39 is 14.0 Å². The van der Waals surface area contributed by atoms with E-state index in [1.807, 2.05) is 12.2 Å². The fourth-order valence-corrected chi connectivity index (χ4v) is 8.96. The lowest BCUT2D eigenvalue weighted by Crippen LogP contribution is -2.43. The van der Waals surface area contributed by atoms with E-state index in [9.17, 15) is 4.79 Å². The molecule has 0 bridgehead atoms. The van der Waals surface area contributed by atoms with Crippen LogP contribution in [0.4, 0.5) is 0 Å². The molecule has 0 saturated carbocycles. The van der Waals surface area contributed by atoms with E-state index in [4.69, 9.17) is 9.15 Å². The van der Waals surface area contributed by atoms with E-state index >= 15 is 0 Å². The molecule has 0 aliphatic carbocycles. The van der Waals surface area contributed by atoms with Gasteiger partial charge in [-0.15, -0.1) is 5.54 Å². The van der Waals surface area contributed by atoms with Gasteiger partial charge in [0.2, 0.25) is 0 Å². The van der Waals surface area contributed by atoms with Crippen LogP contribution in [0.25, 0.3) is 0 Å². The third-order valence-electron chi connectivity index (χ3n) is 5.17. The Morgan fingerprint density at radius 3 is 2.26 bits per heavy atom. The zero-order valence-corrected chi connectivity index (χ0v) is 18.8. The van der Waals surface area contributed by atoms with Gasteiger partial charge in [-0.2, -0.15) is 0 Å². The van der Waals surface area contributed by atoms with Gasteiger partial charge in [-0.05, 0) is 28.8 Å². The van der Waals surface area contributed by atoms with Crippen LogP contribution < -0.4 is 0 Å². The molecule has 5 nitrogen and oxygen atoms in total. The minimum Gasteiger partial charge on any atom is -0.464 e. The Morgan fingerprint density at radius 1 is 1.19 bits per heavy atom. The zero-order chi connectivity index (χ0) is 20.6. The van der Waals surface area contributed by atoms with Gasteiger partial charge in [-0.1, -0.05) is 47.5 Å². The van der Waals surface area contributed by atoms with Crippen LogP contribution in [0.3, 0.4) is 0 Å². The van der Waals surface area contributed by atoms with Gasteiger partial charge in [0.25, 0.3) is 0 Å². The predicted molar refractivity (Wildman–Crippen MR) is 110 cm³/mol. The zero-order valence-electron chi connectivity index (χ0n) is 17.8. The summed E-state index contributed by atoms with van der Waals surface area (Å²) < 4.78 is 15.4. The van der Waals surface area contributed by atoms with Gasteiger partial charge in [0, 0.05) is 7.11 Å². The Morgan fingerprint density at radius 2 is 1.78 bits per heavy atom. The summed E-state index contributed by atoms with van der Waals surface area (Å²) in [5.41, 5.74) is 5.60. The number of carbonyl (C=O) groups is 1. The Balaban J connectivity index is 2.89. The number of methoxy groups -OCH3 is 2. The molecule has 1 rings (SSSR count). The molecule has 1 aromatic rings. The number of ether oxygens (including phenoxy) is 2. The van der Waals surface area contributed by atoms with Crippen molar-refractivity contribution in [2.24, 2.45) is 0 Å². The number of nitrogens with zero attached hydrogens (tertiary/aromatic N) is 1. The number of hydrogen-bond acceptors (Lipinski definition) is 5. The van der Waals surface area contributed by atoms with Crippen LogP contribution in [0.5, 0.6) is 0 Å². The number of hydrogen-bond donors (Lipinski definition) is 0. The van der Waals surface area contributed by atoms with Crippen LogP contribution in [0, 0.1) is 11.5 Å². The SMILES string of the molecule is COC(=O)c1coc(C[C@H](/C=C/C#C[Si](C(C)C)(C(C)C)C(C)C)OC)n1. The largest absolute Gasteiger partial charge is 0.464 e. The van der Waals surface area contributed by atoms with Crippen molar-refractivity contribution in [1.29, 1.82) is 0 Å². The van der Waals surface area contributed by atoms with Gasteiger partial charge < -0.3 is 13.9 Å². The van der Waals surface area contributed by atoms with E-state index in [-0.39, 0.29) is 11.8 Å². The molecule has 0 spiro atoms. The van der Waals surface area contributed by atoms with E-state index in [1.54, 1.807) is 7.11 Å². The van der Waals surface area contributed by atoms with Gasteiger partial charge in [-0.3, -0.25) is 0 Å². The molecule has 0 unspecified atom stereocenters. The van der Waals surface area contributed by atoms with E-state index in [1.165, 1.54) is 13.4 Å². The maximum atomic E-state index is 11.4. The van der Waals surface area contributed by atoms with Crippen molar-refractivity contribution in [2.75, 3.05) is 14.2 Å². The Labute approximate surface area is 164 Å². The molecule has 6 heteroatoms. The quantitative estimate of drug-likeness (QED) is 0.362. The minimum atomic E-state index is -1.73. The van der Waals surface area contributed by atoms with Crippen LogP contribution in [0.15, 0.2) is 22.8 Å². The monoisotopic (exact) mass is 391 g/mol. The maximum absolute atomic E-state index is 11.4. The van der Waals surface area contributed by atoms with Crippen LogP contribution in [-0.2, 0) is 15.9 Å². The van der Waals surface area contributed by atoms with Crippen molar-refractivity contribution >= 4 is 14.0 Å². The fraction of sp³-hybridized carbons (Fsp3) is 0.619. The predicted octanol–water partition coefficient (Wildman–Crippen LogP) is 4.80. The molecular formula is C21H33NO4Si. The molecule has 0 fully saturated rings. The van der Waals surface area contributed by atoms with Crippen LogP contribution in [0.2, 0.25) is 16.6 Å². The Hall–Kier alpha value is -1.84. The lowest BCUT2D eigenvalue weighted by Gasteiger charge is -2.38. The summed E-state index contributed by atoms with van der Waals surface area (Å²) >= 11 is 0. The van der Waals surface area contributed by atoms with Crippen molar-refractivity contribution in [3.63, 3.8) is 0 Å². The van der Waals surface area contributed by atoms with Crippen molar-refractivity contribution in [1.82, 2.24) is 4.98 Å². The summed E-state index contributed by atoms with van der Waals surface area (Å²) in [4.78, 5) is 15.6. The highest BCUT2D eigenvalue weighted by Crippen LogP contribution is 2.40. The third-order valence-corrected chi connectivity index (χ3v) is 11.5. The normalized spacial score (nSPS) is 13.3. The molecule has 0 radical (unpaired) electrons. The molecule has 0 aliphatic rings. The number of rotatable bonds is 8. The van der Waals surface area contributed by atoms with E-state index in [0.29, 0.717) is 28.9 Å². The third kappa shape index (κ3) is 5.82. The fourth-order valence-electron chi connectivity index (χ4n) is 3.76. The second-order valence-corrected chi connectivity index (χ2v) is 13.2. The Bertz CT molecular complexity index is 673. The molecule has 150 valence electrons. The van der Waals surface area contributed by atoms with Crippen LogP contribution >= 0.6 is 0 Å². The Kier molecular flexibility index (Phi) is 9.00. The summed E-state index contributed by atoms with van der Waals surface area (Å²) in [7, 11) is 1.20. The van der Waals surface area contributed by atoms with Crippen molar-refractivity contribution in [3.8, 4) is 11.5 Å². The standard InChI is InChI=1S/C21H33NO4Si/c1-15(2)27(16(3)4,17(5)6)12-10-9-11-18(24-7)13-20-22-19(14-26-20)21(23)25-8/h9,11,14-18H,13H2,1-8H3/b11-9+/t18-/m0/s1. The molecule has 27 heavy (non-hydrogen) atoms. The number of allylic oxidation sites excluding steroid dienone is 1. The van der Waals surface area contributed by atoms with Gasteiger partial charge >= 0.3 is 5.97 Å². The molecule has 1 heterocycles. The highest BCUT2D eigenvalue weighted by molar-refractivity contribution is 6.90. The molecule has 0 N–H and O–H groups in total. The van der Waals surface area contributed by atoms with Crippen LogP contribution in [-0.4, -0.2) is 39.4 Å². The van der Waals surface area contributed by atoms with Gasteiger partial charge in [0.1, 0.15) is 14.3 Å². The van der Waals surface area contributed by atoms with E-state index in [2.05, 4.69) is 62.7 Å². The summed E-state index contributed by atoms with van der Waals surface area (Å²) in [6.45, 7) is 13.8. The minimum absolute atomic E-state index is 0.160. The first-order valence-electron chi connectivity index (χ1n) is 9.43. The molecule has 1 aromatic heterocycles. The lowest BCUT2D eigenvalue weighted by atomic mass is 10.2. The average molecular weight is 392 g/mol. The van der Waals surface area contributed by atoms with Crippen molar-refractivity contribution in [3.05, 3.63) is 30.0 Å². The first kappa shape index (κ1) is 23.2. The number of carbonyl (C=O) groups excluding carboxylic acids is 1. The summed E-state index contributed by atoms with van der Waals surface area (Å²) in [5, 5.41) is 0. The first-order valence-corrected chi connectivity index (χ1v) is 11.7. The molecule has 0 amide bonds. The molecular weight excluding hydrogens is 358 g/mol. The topological polar surface area (TPSA) is 61.6 Å². The molecule has 1 atom stereocenters. The van der Waals surface area contributed by atoms with Crippen LogP contribution in [0.1, 0.15) is 57.9 Å². The first-order chi connectivity index (χ1) is 12.7. The van der Waals surface area contributed by atoms with Gasteiger partial charge in [0.05, 0.1) is 19.6 Å². The van der Waals surface area contributed by atoms with Gasteiger partial charge in [0.15, 0.2) is 11.6 Å². The summed E-state index contributed by atoms with van der Waals surface area (Å²) in [6, 6.07) is 0. The second kappa shape index (κ2) is 10.5. The average Bonchev–Trinajstić information content (AvgIpc) is 3.07. The number of oxazole rings is 1. The van der Waals surface area contributed by atoms with Crippen molar-refractivity contribution < 1.29 is 18.7 Å². The highest BCUT2D eigenvalue weighted by Gasteiger charge is 2.41. The smallest absolute Gasteiger partial charge is 0.360 e. The number of esters is 1. The molecule has 0 aliphatic heterocycles. The van der Waals surface area contributed by atoms with Gasteiger partial charge in [-0.25, -0.2) is 9.78 Å². The lowest BCUT2D eigenvalue weighted by molar-refractivity contribution is 0.0594. The maximum Gasteiger partial charge on any atom is 0.360 e. The molecule has 0 aromatic carbocycles.